The predicted octanol–water partition coefficient (Wildman–Crippen LogP) is 8.82. The molecule has 0 aromatic carbocycles. The van der Waals surface area contributed by atoms with Gasteiger partial charge in [0.2, 0.25) is 0 Å². The van der Waals surface area contributed by atoms with E-state index in [-0.39, 0.29) is 15.8 Å². The maximum atomic E-state index is 9.50. The molecule has 0 atom stereocenters. The minimum absolute atomic E-state index is 0.137. The van der Waals surface area contributed by atoms with Gasteiger partial charge in [-0.25, -0.2) is 0 Å². The van der Waals surface area contributed by atoms with E-state index in [2.05, 4.69) is 103 Å². The first-order chi connectivity index (χ1) is 11.7. The van der Waals surface area contributed by atoms with E-state index in [1.165, 1.54) is 0 Å². The summed E-state index contributed by atoms with van der Waals surface area (Å²) in [7, 11) is 0.275. The van der Waals surface area contributed by atoms with Crippen LogP contribution in [-0.2, 0) is 23.5 Å². The molecule has 0 fully saturated rings. The number of hydrogen-bond acceptors (Lipinski definition) is 0. The van der Waals surface area contributed by atoms with Crippen LogP contribution in [0.1, 0.15) is 83.1 Å². The van der Waals surface area contributed by atoms with Crippen LogP contribution in [0.15, 0.2) is 0 Å². The molecule has 0 N–H and O–H groups in total. The molecule has 0 aliphatic carbocycles. The topological polar surface area (TPSA) is 19.9 Å². The molecule has 0 rings (SSSR count). The van der Waals surface area contributed by atoms with Crippen molar-refractivity contribution in [2.24, 2.45) is 0 Å². The molecule has 0 saturated carbocycles. The first-order valence-electron chi connectivity index (χ1n) is 8.56. The fourth-order valence-electron chi connectivity index (χ4n) is 2.01. The Morgan fingerprint density at radius 1 is 0.593 bits per heavy atom. The Balaban J connectivity index is -0.0000000896. The zero-order valence-electron chi connectivity index (χ0n) is 19.9. The van der Waals surface area contributed by atoms with Crippen LogP contribution in [0.4, 0.5) is 12.1 Å². The van der Waals surface area contributed by atoms with Gasteiger partial charge < -0.3 is 8.78 Å². The average molecular weight is 520 g/mol. The van der Waals surface area contributed by atoms with Gasteiger partial charge in [-0.1, -0.05) is 98.9 Å². The van der Waals surface area contributed by atoms with Gasteiger partial charge in [-0.2, -0.15) is 0 Å². The molecule has 0 bridgehead atoms. The second-order valence-corrected chi connectivity index (χ2v) is 17.5. The quantitative estimate of drug-likeness (QED) is 0.132. The van der Waals surface area contributed by atoms with Gasteiger partial charge in [0.05, 0.1) is 0 Å². The van der Waals surface area contributed by atoms with Crippen molar-refractivity contribution in [2.45, 2.75) is 104 Å². The number of hydrogen-bond donors (Lipinski definition) is 0. The van der Waals surface area contributed by atoms with Crippen LogP contribution in [0.3, 0.4) is 0 Å². The van der Waals surface area contributed by atoms with E-state index in [4.69, 9.17) is 4.65 Å². The van der Waals surface area contributed by atoms with Crippen LogP contribution in [0.5, 0.6) is 0 Å². The molecule has 0 spiro atoms. The Morgan fingerprint density at radius 2 is 0.667 bits per heavy atom. The Kier molecular flexibility index (Phi) is 25.5. The SMILES string of the molecule is CP(C(C)(C)C)C(C)(C)C.CP(C(C)(C)C)C(C)(C)C.F[CH-]F.[C-]#[O+].[F][Ru+]. The molecular weight excluding hydrogens is 476 g/mol. The summed E-state index contributed by atoms with van der Waals surface area (Å²) < 4.78 is 35.9. The third-order valence-electron chi connectivity index (χ3n) is 4.02. The monoisotopic (exact) mass is 520 g/mol. The van der Waals surface area contributed by atoms with Crippen molar-refractivity contribution in [2.75, 3.05) is 13.3 Å². The third-order valence-corrected chi connectivity index (χ3v) is 12.1. The summed E-state index contributed by atoms with van der Waals surface area (Å²) in [5.74, 6) is 0. The second kappa shape index (κ2) is 17.8. The third kappa shape index (κ3) is 27.0. The van der Waals surface area contributed by atoms with Crippen LogP contribution in [0.2, 0.25) is 0 Å². The molecule has 0 unspecified atom stereocenters. The summed E-state index contributed by atoms with van der Waals surface area (Å²) in [6.45, 7) is 36.3. The predicted molar refractivity (Wildman–Crippen MR) is 116 cm³/mol. The van der Waals surface area contributed by atoms with Gasteiger partial charge in [-0.3, -0.25) is 0 Å². The number of halogens is 3. The van der Waals surface area contributed by atoms with Crippen molar-refractivity contribution in [1.29, 1.82) is 0 Å². The van der Waals surface area contributed by atoms with E-state index in [0.29, 0.717) is 20.6 Å². The van der Waals surface area contributed by atoms with E-state index < -0.39 is 6.93 Å². The molecule has 7 heteroatoms. The van der Waals surface area contributed by atoms with E-state index >= 15 is 0 Å². The second-order valence-electron chi connectivity index (χ2n) is 9.88. The zero-order chi connectivity index (χ0) is 23.9. The summed E-state index contributed by atoms with van der Waals surface area (Å²) in [5.41, 5.74) is 0. The van der Waals surface area contributed by atoms with E-state index in [1.807, 2.05) is 0 Å². The fraction of sp³-hybridized carbons (Fsp3) is 0.900. The van der Waals surface area contributed by atoms with E-state index in [0.717, 1.165) is 18.8 Å². The van der Waals surface area contributed by atoms with Gasteiger partial charge in [0.15, 0.2) is 0 Å². The summed E-state index contributed by atoms with van der Waals surface area (Å²) >= 11 is 0.850. The van der Waals surface area contributed by atoms with Gasteiger partial charge in [0, 0.05) is 0 Å². The molecule has 168 valence electrons. The molecule has 0 aliphatic heterocycles. The Labute approximate surface area is 181 Å². The maximum absolute atomic E-state index is 9.50. The zero-order valence-corrected chi connectivity index (χ0v) is 23.4. The van der Waals surface area contributed by atoms with Crippen molar-refractivity contribution in [3.05, 3.63) is 13.6 Å². The van der Waals surface area contributed by atoms with E-state index in [9.17, 15) is 12.1 Å². The van der Waals surface area contributed by atoms with Gasteiger partial charge in [-0.05, 0) is 40.9 Å². The first kappa shape index (κ1) is 38.6. The molecule has 27 heavy (non-hydrogen) atoms. The van der Waals surface area contributed by atoms with Crippen LogP contribution in [0, 0.1) is 13.6 Å². The van der Waals surface area contributed by atoms with Crippen molar-refractivity contribution >= 4 is 15.8 Å². The van der Waals surface area contributed by atoms with Crippen molar-refractivity contribution in [3.63, 3.8) is 0 Å². The van der Waals surface area contributed by atoms with Crippen molar-refractivity contribution in [3.8, 4) is 0 Å². The van der Waals surface area contributed by atoms with E-state index in [1.54, 1.807) is 0 Å². The summed E-state index contributed by atoms with van der Waals surface area (Å²) in [6.07, 6.45) is 0. The van der Waals surface area contributed by atoms with Gasteiger partial charge in [0.25, 0.3) is 0 Å². The molecule has 0 heterocycles. The molecule has 0 amide bonds. The molecule has 0 saturated heterocycles. The molecule has 0 aromatic rings. The average Bonchev–Trinajstić information content (AvgIpc) is 2.47. The van der Waals surface area contributed by atoms with Gasteiger partial charge in [-0.15, -0.1) is 0 Å². The van der Waals surface area contributed by atoms with Crippen LogP contribution < -0.4 is 0 Å². The normalized spacial score (nSPS) is 11.6. The summed E-state index contributed by atoms with van der Waals surface area (Å²) in [6, 6.07) is 0. The Morgan fingerprint density at radius 3 is 0.667 bits per heavy atom. The van der Waals surface area contributed by atoms with Crippen LogP contribution in [-0.4, -0.2) is 34.0 Å². The number of rotatable bonds is 0. The Bertz CT molecular complexity index is 280. The fourth-order valence-corrected chi connectivity index (χ4v) is 6.04. The molecule has 0 radical (unpaired) electrons. The van der Waals surface area contributed by atoms with Crippen molar-refractivity contribution in [1.82, 2.24) is 0 Å². The molecule has 0 aromatic heterocycles. The molecule has 1 nitrogen and oxygen atoms in total. The Hall–Kier alpha value is 1.01. The molecular formula is C20H43F3OP2Ru. The van der Waals surface area contributed by atoms with Crippen molar-refractivity contribution < 1.29 is 35.5 Å². The standard InChI is InChI=1S/2C9H21P.CHF2.CO.FH.Ru/c2*1-8(2,3)10(7)9(4,5)6;2-1-3;1-2;;/h2*1-7H3;1H;;1H;/q;;-1;;;+2/p-1. The molecule has 0 aliphatic rings. The first-order valence-corrected chi connectivity index (χ1v) is 12.8. The summed E-state index contributed by atoms with van der Waals surface area (Å²) in [5, 5.41) is 2.03. The van der Waals surface area contributed by atoms with Gasteiger partial charge >= 0.3 is 33.4 Å². The van der Waals surface area contributed by atoms with Crippen LogP contribution in [0.25, 0.3) is 0 Å². The van der Waals surface area contributed by atoms with Gasteiger partial charge in [0.1, 0.15) is 0 Å². The van der Waals surface area contributed by atoms with Crippen LogP contribution >= 0.6 is 15.8 Å². The summed E-state index contributed by atoms with van der Waals surface area (Å²) in [4.78, 5) is 0. The minimum atomic E-state index is -1.00.